The van der Waals surface area contributed by atoms with Gasteiger partial charge in [-0.3, -0.25) is 5.32 Å². The molecule has 0 saturated carbocycles. The van der Waals surface area contributed by atoms with Gasteiger partial charge in [0.2, 0.25) is 0 Å². The number of amides is 1. The van der Waals surface area contributed by atoms with E-state index in [4.69, 9.17) is 4.74 Å². The van der Waals surface area contributed by atoms with Gasteiger partial charge in [0.05, 0.1) is 0 Å². The monoisotopic (exact) mass is 292 g/mol. The highest BCUT2D eigenvalue weighted by atomic mass is 16.6. The highest BCUT2D eigenvalue weighted by molar-refractivity contribution is 5.86. The predicted molar refractivity (Wildman–Crippen MR) is 82.6 cm³/mol. The molecule has 1 unspecified atom stereocenters. The summed E-state index contributed by atoms with van der Waals surface area (Å²) in [7, 11) is 0. The van der Waals surface area contributed by atoms with Crippen LogP contribution in [0.25, 0.3) is 0 Å². The van der Waals surface area contributed by atoms with Gasteiger partial charge in [-0.1, -0.05) is 6.42 Å². The fourth-order valence-corrected chi connectivity index (χ4v) is 2.48. The summed E-state index contributed by atoms with van der Waals surface area (Å²) >= 11 is 0. The molecule has 5 nitrogen and oxygen atoms in total. The molecule has 1 aliphatic rings. The summed E-state index contributed by atoms with van der Waals surface area (Å²) in [6.45, 7) is 6.43. The largest absolute Gasteiger partial charge is 0.508 e. The Labute approximate surface area is 125 Å². The molecular formula is C16H24N2O3. The number of hydrogen-bond donors (Lipinski definition) is 3. The van der Waals surface area contributed by atoms with E-state index >= 15 is 0 Å². The number of phenolic OH excluding ortho intramolecular Hbond substituents is 1. The van der Waals surface area contributed by atoms with E-state index in [0.717, 1.165) is 31.4 Å². The Kier molecular flexibility index (Phi) is 4.73. The standard InChI is InChI=1S/C16H24N2O3/c1-16(2,3)21-15(20)18-14-8-7-11(19)10-12(14)13-6-4-5-9-17-13/h7-8,10,13,17,19H,4-6,9H2,1-3H3,(H,18,20). The minimum Gasteiger partial charge on any atom is -0.508 e. The van der Waals surface area contributed by atoms with Crippen LogP contribution in [0.5, 0.6) is 5.75 Å². The van der Waals surface area contributed by atoms with Gasteiger partial charge in [0.25, 0.3) is 0 Å². The molecule has 0 aromatic heterocycles. The van der Waals surface area contributed by atoms with Crippen LogP contribution in [0.3, 0.4) is 0 Å². The fraction of sp³-hybridized carbons (Fsp3) is 0.562. The molecule has 116 valence electrons. The van der Waals surface area contributed by atoms with Gasteiger partial charge in [-0.2, -0.15) is 0 Å². The SMILES string of the molecule is CC(C)(C)OC(=O)Nc1ccc(O)cc1C1CCCCN1. The normalized spacial score (nSPS) is 19.1. The third-order valence-electron chi connectivity index (χ3n) is 3.36. The summed E-state index contributed by atoms with van der Waals surface area (Å²) in [5, 5.41) is 15.9. The molecular weight excluding hydrogens is 268 g/mol. The molecule has 5 heteroatoms. The molecule has 1 atom stereocenters. The second kappa shape index (κ2) is 6.35. The molecule has 1 amide bonds. The van der Waals surface area contributed by atoms with Crippen molar-refractivity contribution in [1.82, 2.24) is 5.32 Å². The first-order chi connectivity index (χ1) is 9.85. The maximum Gasteiger partial charge on any atom is 0.412 e. The molecule has 1 aromatic rings. The number of hydrogen-bond acceptors (Lipinski definition) is 4. The van der Waals surface area contributed by atoms with Gasteiger partial charge in [-0.05, 0) is 63.9 Å². The molecule has 3 N–H and O–H groups in total. The number of carbonyl (C=O) groups is 1. The second-order valence-corrected chi connectivity index (χ2v) is 6.40. The van der Waals surface area contributed by atoms with Gasteiger partial charge >= 0.3 is 6.09 Å². The van der Waals surface area contributed by atoms with Crippen molar-refractivity contribution in [3.05, 3.63) is 23.8 Å². The molecule has 1 aromatic carbocycles. The number of nitrogens with one attached hydrogen (secondary N) is 2. The first-order valence-corrected chi connectivity index (χ1v) is 7.41. The molecule has 0 bridgehead atoms. The van der Waals surface area contributed by atoms with E-state index in [0.29, 0.717) is 5.69 Å². The summed E-state index contributed by atoms with van der Waals surface area (Å²) in [5.41, 5.74) is 1.05. The lowest BCUT2D eigenvalue weighted by molar-refractivity contribution is 0.0635. The molecule has 1 saturated heterocycles. The summed E-state index contributed by atoms with van der Waals surface area (Å²) in [5.74, 6) is 0.201. The van der Waals surface area contributed by atoms with E-state index in [-0.39, 0.29) is 11.8 Å². The molecule has 1 aliphatic heterocycles. The molecule has 21 heavy (non-hydrogen) atoms. The first kappa shape index (κ1) is 15.6. The van der Waals surface area contributed by atoms with Gasteiger partial charge in [-0.25, -0.2) is 4.79 Å². The van der Waals surface area contributed by atoms with Crippen molar-refractivity contribution in [2.45, 2.75) is 51.7 Å². The van der Waals surface area contributed by atoms with Gasteiger partial charge in [-0.15, -0.1) is 0 Å². The quantitative estimate of drug-likeness (QED) is 0.729. The number of anilines is 1. The number of carbonyl (C=O) groups excluding carboxylic acids is 1. The van der Waals surface area contributed by atoms with Crippen LogP contribution in [0.2, 0.25) is 0 Å². The molecule has 1 heterocycles. The Bertz CT molecular complexity index is 503. The van der Waals surface area contributed by atoms with Crippen molar-refractivity contribution in [3.63, 3.8) is 0 Å². The number of aromatic hydroxyl groups is 1. The third-order valence-corrected chi connectivity index (χ3v) is 3.36. The fourth-order valence-electron chi connectivity index (χ4n) is 2.48. The van der Waals surface area contributed by atoms with E-state index in [1.165, 1.54) is 0 Å². The molecule has 0 radical (unpaired) electrons. The molecule has 2 rings (SSSR count). The highest BCUT2D eigenvalue weighted by Crippen LogP contribution is 2.32. The Morgan fingerprint density at radius 2 is 2.14 bits per heavy atom. The van der Waals surface area contributed by atoms with Crippen LogP contribution in [-0.2, 0) is 4.74 Å². The van der Waals surface area contributed by atoms with E-state index in [1.54, 1.807) is 18.2 Å². The van der Waals surface area contributed by atoms with Gasteiger partial charge in [0.1, 0.15) is 11.4 Å². The average Bonchev–Trinajstić information content (AvgIpc) is 2.40. The lowest BCUT2D eigenvalue weighted by atomic mass is 9.96. The highest BCUT2D eigenvalue weighted by Gasteiger charge is 2.21. The number of ether oxygens (including phenoxy) is 1. The van der Waals surface area contributed by atoms with E-state index in [9.17, 15) is 9.90 Å². The minimum absolute atomic E-state index is 0.149. The van der Waals surface area contributed by atoms with E-state index in [2.05, 4.69) is 10.6 Å². The van der Waals surface area contributed by atoms with Gasteiger partial charge in [0.15, 0.2) is 0 Å². The topological polar surface area (TPSA) is 70.6 Å². The van der Waals surface area contributed by atoms with Crippen LogP contribution in [0.1, 0.15) is 51.6 Å². The lowest BCUT2D eigenvalue weighted by Gasteiger charge is -2.26. The molecule has 1 fully saturated rings. The smallest absolute Gasteiger partial charge is 0.412 e. The van der Waals surface area contributed by atoms with Crippen molar-refractivity contribution in [3.8, 4) is 5.75 Å². The predicted octanol–water partition coefficient (Wildman–Crippen LogP) is 3.55. The number of rotatable bonds is 2. The Hall–Kier alpha value is -1.75. The van der Waals surface area contributed by atoms with Crippen LogP contribution in [-0.4, -0.2) is 23.3 Å². The molecule has 0 aliphatic carbocycles. The van der Waals surface area contributed by atoms with Crippen LogP contribution >= 0.6 is 0 Å². The number of phenols is 1. The van der Waals surface area contributed by atoms with Crippen molar-refractivity contribution in [1.29, 1.82) is 0 Å². The Morgan fingerprint density at radius 1 is 1.38 bits per heavy atom. The maximum absolute atomic E-state index is 11.9. The second-order valence-electron chi connectivity index (χ2n) is 6.40. The first-order valence-electron chi connectivity index (χ1n) is 7.41. The zero-order chi connectivity index (χ0) is 15.5. The van der Waals surface area contributed by atoms with Crippen molar-refractivity contribution >= 4 is 11.8 Å². The van der Waals surface area contributed by atoms with Crippen molar-refractivity contribution < 1.29 is 14.6 Å². The van der Waals surface area contributed by atoms with E-state index in [1.807, 2.05) is 20.8 Å². The average molecular weight is 292 g/mol. The maximum atomic E-state index is 11.9. The zero-order valence-corrected chi connectivity index (χ0v) is 12.9. The summed E-state index contributed by atoms with van der Waals surface area (Å²) < 4.78 is 5.28. The third kappa shape index (κ3) is 4.63. The van der Waals surface area contributed by atoms with Gasteiger partial charge < -0.3 is 15.2 Å². The van der Waals surface area contributed by atoms with Crippen LogP contribution in [0.15, 0.2) is 18.2 Å². The summed E-state index contributed by atoms with van der Waals surface area (Å²) in [4.78, 5) is 11.9. The number of piperidine rings is 1. The van der Waals surface area contributed by atoms with Crippen LogP contribution in [0.4, 0.5) is 10.5 Å². The van der Waals surface area contributed by atoms with Crippen LogP contribution in [0, 0.1) is 0 Å². The summed E-state index contributed by atoms with van der Waals surface area (Å²) in [6.07, 6.45) is 2.81. The number of benzene rings is 1. The van der Waals surface area contributed by atoms with Crippen molar-refractivity contribution in [2.24, 2.45) is 0 Å². The Morgan fingerprint density at radius 3 is 2.76 bits per heavy atom. The summed E-state index contributed by atoms with van der Waals surface area (Å²) in [6, 6.07) is 5.13. The van der Waals surface area contributed by atoms with Gasteiger partial charge in [0, 0.05) is 11.7 Å². The van der Waals surface area contributed by atoms with E-state index < -0.39 is 11.7 Å². The lowest BCUT2D eigenvalue weighted by Crippen LogP contribution is -2.30. The Balaban J connectivity index is 2.16. The zero-order valence-electron chi connectivity index (χ0n) is 12.9. The molecule has 0 spiro atoms. The van der Waals surface area contributed by atoms with Crippen LogP contribution < -0.4 is 10.6 Å². The minimum atomic E-state index is -0.537. The van der Waals surface area contributed by atoms with Crippen molar-refractivity contribution in [2.75, 3.05) is 11.9 Å².